The molecule has 9 heteroatoms. The molecule has 172 valence electrons. The molecule has 34 heavy (non-hydrogen) atoms. The first-order chi connectivity index (χ1) is 16.6. The van der Waals surface area contributed by atoms with Crippen molar-refractivity contribution >= 4 is 35.2 Å². The van der Waals surface area contributed by atoms with Gasteiger partial charge in [-0.05, 0) is 47.5 Å². The Balaban J connectivity index is 1.52. The number of carbonyl (C=O) groups excluding carboxylic acids is 1. The first-order valence-corrected chi connectivity index (χ1v) is 10.8. The second kappa shape index (κ2) is 11.1. The third kappa shape index (κ3) is 6.43. The molecule has 0 spiro atoms. The van der Waals surface area contributed by atoms with Crippen molar-refractivity contribution in [2.45, 2.75) is 13.2 Å². The summed E-state index contributed by atoms with van der Waals surface area (Å²) in [6, 6.07) is 24.2. The maximum Gasteiger partial charge on any atom is 0.337 e. The van der Waals surface area contributed by atoms with Gasteiger partial charge in [-0.25, -0.2) is 4.79 Å². The molecule has 0 atom stereocenters. The Kier molecular flexibility index (Phi) is 7.52. The van der Waals surface area contributed by atoms with Crippen molar-refractivity contribution < 1.29 is 14.3 Å². The zero-order valence-electron chi connectivity index (χ0n) is 18.4. The lowest BCUT2D eigenvalue weighted by Gasteiger charge is -2.11. The monoisotopic (exact) mass is 475 g/mol. The summed E-state index contributed by atoms with van der Waals surface area (Å²) in [5.74, 6) is 0.237. The number of nitrogens with zero attached hydrogens (tertiary/aromatic N) is 3. The Labute approximate surface area is 202 Å². The van der Waals surface area contributed by atoms with Gasteiger partial charge in [0.05, 0.1) is 12.7 Å². The van der Waals surface area contributed by atoms with Gasteiger partial charge in [0.15, 0.2) is 0 Å². The third-order valence-corrected chi connectivity index (χ3v) is 5.00. The Morgan fingerprint density at radius 3 is 2.26 bits per heavy atom. The Hall–Kier alpha value is -4.17. The summed E-state index contributed by atoms with van der Waals surface area (Å²) in [4.78, 5) is 24.9. The zero-order chi connectivity index (χ0) is 23.8. The van der Waals surface area contributed by atoms with Crippen molar-refractivity contribution in [2.24, 2.45) is 0 Å². The predicted molar refractivity (Wildman–Crippen MR) is 130 cm³/mol. The van der Waals surface area contributed by atoms with Crippen LogP contribution in [0.3, 0.4) is 0 Å². The number of anilines is 3. The van der Waals surface area contributed by atoms with Gasteiger partial charge in [0, 0.05) is 17.3 Å². The summed E-state index contributed by atoms with van der Waals surface area (Å²) < 4.78 is 10.6. The van der Waals surface area contributed by atoms with Gasteiger partial charge in [-0.1, -0.05) is 54.1 Å². The van der Waals surface area contributed by atoms with Crippen LogP contribution in [-0.4, -0.2) is 28.0 Å². The molecule has 4 aromatic rings. The second-order valence-electron chi connectivity index (χ2n) is 7.21. The maximum atomic E-state index is 11.7. The van der Waals surface area contributed by atoms with Gasteiger partial charge < -0.3 is 20.1 Å². The third-order valence-electron chi connectivity index (χ3n) is 4.75. The van der Waals surface area contributed by atoms with Gasteiger partial charge in [-0.3, -0.25) is 0 Å². The number of rotatable bonds is 9. The van der Waals surface area contributed by atoms with E-state index in [4.69, 9.17) is 21.1 Å². The fraction of sp³-hybridized carbons (Fsp3) is 0.120. The van der Waals surface area contributed by atoms with Gasteiger partial charge in [-0.15, -0.1) is 0 Å². The van der Waals surface area contributed by atoms with E-state index in [1.807, 2.05) is 54.6 Å². The van der Waals surface area contributed by atoms with E-state index in [1.54, 1.807) is 24.3 Å². The lowest BCUT2D eigenvalue weighted by molar-refractivity contribution is 0.0601. The van der Waals surface area contributed by atoms with E-state index in [9.17, 15) is 4.79 Å². The molecule has 0 fully saturated rings. The van der Waals surface area contributed by atoms with Crippen molar-refractivity contribution in [3.63, 3.8) is 0 Å². The Bertz CT molecular complexity index is 1240. The van der Waals surface area contributed by atoms with E-state index < -0.39 is 5.97 Å². The quantitative estimate of drug-likeness (QED) is 0.317. The molecule has 1 aromatic heterocycles. The smallest absolute Gasteiger partial charge is 0.337 e. The van der Waals surface area contributed by atoms with Crippen LogP contribution in [0.15, 0.2) is 78.9 Å². The minimum Gasteiger partial charge on any atom is -0.465 e. The number of esters is 1. The summed E-state index contributed by atoms with van der Waals surface area (Å²) in [6.45, 7) is 0.807. The van der Waals surface area contributed by atoms with Crippen LogP contribution in [0.4, 0.5) is 17.6 Å². The molecule has 0 radical (unpaired) electrons. The molecule has 0 aliphatic heterocycles. The minimum absolute atomic E-state index is 0.172. The summed E-state index contributed by atoms with van der Waals surface area (Å²) in [6.07, 6.45) is 0. The summed E-state index contributed by atoms with van der Waals surface area (Å²) >= 11 is 5.96. The first kappa shape index (κ1) is 23.0. The molecule has 8 nitrogen and oxygen atoms in total. The average molecular weight is 476 g/mol. The van der Waals surface area contributed by atoms with Gasteiger partial charge in [-0.2, -0.15) is 15.0 Å². The highest BCUT2D eigenvalue weighted by Crippen LogP contribution is 2.19. The van der Waals surface area contributed by atoms with E-state index in [-0.39, 0.29) is 6.01 Å². The molecule has 2 N–H and O–H groups in total. The molecule has 0 aliphatic rings. The lowest BCUT2D eigenvalue weighted by atomic mass is 10.2. The minimum atomic E-state index is -0.406. The van der Waals surface area contributed by atoms with Crippen LogP contribution in [0.5, 0.6) is 6.01 Å². The highest BCUT2D eigenvalue weighted by Gasteiger charge is 2.10. The van der Waals surface area contributed by atoms with Crippen LogP contribution in [0.25, 0.3) is 0 Å². The molecule has 3 aromatic carbocycles. The van der Waals surface area contributed by atoms with Gasteiger partial charge in [0.1, 0.15) is 6.61 Å². The lowest BCUT2D eigenvalue weighted by Crippen LogP contribution is -2.09. The van der Waals surface area contributed by atoms with Crippen LogP contribution >= 0.6 is 11.6 Å². The molecule has 0 aliphatic carbocycles. The summed E-state index contributed by atoms with van der Waals surface area (Å²) in [5.41, 5.74) is 3.15. The number of carbonyl (C=O) groups is 1. The molecule has 0 unspecified atom stereocenters. The van der Waals surface area contributed by atoms with Crippen molar-refractivity contribution in [3.8, 4) is 6.01 Å². The average Bonchev–Trinajstić information content (AvgIpc) is 2.88. The van der Waals surface area contributed by atoms with E-state index in [1.165, 1.54) is 7.11 Å². The van der Waals surface area contributed by atoms with Crippen LogP contribution in [0.1, 0.15) is 21.5 Å². The molecule has 0 saturated carbocycles. The van der Waals surface area contributed by atoms with Crippen LogP contribution < -0.4 is 15.4 Å². The van der Waals surface area contributed by atoms with Gasteiger partial charge in [0.25, 0.3) is 0 Å². The van der Waals surface area contributed by atoms with E-state index in [0.717, 1.165) is 11.1 Å². The Morgan fingerprint density at radius 1 is 0.853 bits per heavy atom. The fourth-order valence-corrected chi connectivity index (χ4v) is 3.12. The largest absolute Gasteiger partial charge is 0.465 e. The fourth-order valence-electron chi connectivity index (χ4n) is 3.00. The molecular formula is C25H22ClN5O3. The molecule has 0 bridgehead atoms. The van der Waals surface area contributed by atoms with Gasteiger partial charge in [0.2, 0.25) is 11.9 Å². The number of benzene rings is 3. The predicted octanol–water partition coefficient (Wildman–Crippen LogP) is 5.25. The highest BCUT2D eigenvalue weighted by atomic mass is 35.5. The molecule has 0 amide bonds. The first-order valence-electron chi connectivity index (χ1n) is 10.5. The number of methoxy groups -OCH3 is 1. The number of hydrogen-bond donors (Lipinski definition) is 2. The molecular weight excluding hydrogens is 454 g/mol. The van der Waals surface area contributed by atoms with E-state index >= 15 is 0 Å². The summed E-state index contributed by atoms with van der Waals surface area (Å²) in [5, 5.41) is 6.98. The number of hydrogen-bond acceptors (Lipinski definition) is 8. The van der Waals surface area contributed by atoms with Gasteiger partial charge >= 0.3 is 12.0 Å². The van der Waals surface area contributed by atoms with Crippen LogP contribution in [-0.2, 0) is 17.9 Å². The zero-order valence-corrected chi connectivity index (χ0v) is 19.1. The van der Waals surface area contributed by atoms with Crippen molar-refractivity contribution in [3.05, 3.63) is 101 Å². The number of nitrogens with one attached hydrogen (secondary N) is 2. The maximum absolute atomic E-state index is 11.7. The number of aromatic nitrogens is 3. The standard InChI is InChI=1S/C25H22ClN5O3/c1-33-22(32)19-9-13-21(14-10-19)28-24-29-23(27-15-17-7-11-20(26)12-8-17)30-25(31-24)34-16-18-5-3-2-4-6-18/h2-14H,15-16H2,1H3,(H2,27,28,29,30,31). The number of halogens is 1. The van der Waals surface area contributed by atoms with Crippen molar-refractivity contribution in [1.29, 1.82) is 0 Å². The second-order valence-corrected chi connectivity index (χ2v) is 7.65. The van der Waals surface area contributed by atoms with Crippen molar-refractivity contribution in [1.82, 2.24) is 15.0 Å². The topological polar surface area (TPSA) is 98.3 Å². The molecule has 1 heterocycles. The highest BCUT2D eigenvalue weighted by molar-refractivity contribution is 6.30. The molecule has 4 rings (SSSR count). The Morgan fingerprint density at radius 2 is 1.56 bits per heavy atom. The van der Waals surface area contributed by atoms with Crippen molar-refractivity contribution in [2.75, 3.05) is 17.7 Å². The van der Waals surface area contributed by atoms with Crippen LogP contribution in [0.2, 0.25) is 5.02 Å². The van der Waals surface area contributed by atoms with E-state index in [0.29, 0.717) is 41.3 Å². The molecule has 0 saturated heterocycles. The normalized spacial score (nSPS) is 10.4. The summed E-state index contributed by atoms with van der Waals surface area (Å²) in [7, 11) is 1.34. The van der Waals surface area contributed by atoms with E-state index in [2.05, 4.69) is 25.6 Å². The SMILES string of the molecule is COC(=O)c1ccc(Nc2nc(NCc3ccc(Cl)cc3)nc(OCc3ccccc3)n2)cc1. The number of ether oxygens (including phenoxy) is 2. The van der Waals surface area contributed by atoms with Crippen LogP contribution in [0, 0.1) is 0 Å².